The first-order valence-corrected chi connectivity index (χ1v) is 10.8. The van der Waals surface area contributed by atoms with Crippen molar-refractivity contribution < 1.29 is 14.3 Å². The Morgan fingerprint density at radius 2 is 1.59 bits per heavy atom. The van der Waals surface area contributed by atoms with E-state index >= 15 is 0 Å². The van der Waals surface area contributed by atoms with Crippen LogP contribution in [0.15, 0.2) is 78.9 Å². The molecule has 0 saturated carbocycles. The fraction of sp³-hybridized carbons (Fsp3) is 0.231. The summed E-state index contributed by atoms with van der Waals surface area (Å²) in [5, 5.41) is 3.55. The molecule has 166 valence electrons. The second kappa shape index (κ2) is 11.3. The Hall–Kier alpha value is -3.31. The normalized spacial score (nSPS) is 11.5. The molecular formula is C26H27ClN2O3. The monoisotopic (exact) mass is 450 g/mol. The van der Waals surface area contributed by atoms with Crippen molar-refractivity contribution in [2.75, 3.05) is 7.11 Å². The van der Waals surface area contributed by atoms with E-state index in [-0.39, 0.29) is 18.2 Å². The Balaban J connectivity index is 1.74. The van der Waals surface area contributed by atoms with Gasteiger partial charge in [0.1, 0.15) is 11.8 Å². The van der Waals surface area contributed by atoms with Gasteiger partial charge < -0.3 is 15.0 Å². The van der Waals surface area contributed by atoms with Gasteiger partial charge in [0, 0.05) is 23.7 Å². The van der Waals surface area contributed by atoms with Gasteiger partial charge in [-0.2, -0.15) is 0 Å². The van der Waals surface area contributed by atoms with Gasteiger partial charge in [-0.25, -0.2) is 0 Å². The van der Waals surface area contributed by atoms with E-state index in [1.54, 1.807) is 31.1 Å². The molecule has 0 spiro atoms. The molecule has 1 atom stereocenters. The third kappa shape index (κ3) is 6.34. The number of carbonyl (C=O) groups excluding carboxylic acids is 2. The van der Waals surface area contributed by atoms with Crippen molar-refractivity contribution in [3.05, 3.63) is 101 Å². The lowest BCUT2D eigenvalue weighted by atomic mass is 10.1. The summed E-state index contributed by atoms with van der Waals surface area (Å²) in [7, 11) is 1.60. The van der Waals surface area contributed by atoms with Gasteiger partial charge in [-0.05, 0) is 36.2 Å². The number of amides is 2. The highest BCUT2D eigenvalue weighted by atomic mass is 35.5. The minimum Gasteiger partial charge on any atom is -0.496 e. The minimum absolute atomic E-state index is 0.129. The van der Waals surface area contributed by atoms with Gasteiger partial charge in [-0.3, -0.25) is 9.59 Å². The lowest BCUT2D eigenvalue weighted by Gasteiger charge is -2.29. The Labute approximate surface area is 194 Å². The predicted octanol–water partition coefficient (Wildman–Crippen LogP) is 4.62. The number of hydrogen-bond acceptors (Lipinski definition) is 3. The lowest BCUT2D eigenvalue weighted by Crippen LogP contribution is -2.48. The fourth-order valence-corrected chi connectivity index (χ4v) is 3.55. The minimum atomic E-state index is -0.648. The van der Waals surface area contributed by atoms with E-state index in [1.165, 1.54) is 0 Å². The van der Waals surface area contributed by atoms with E-state index in [9.17, 15) is 9.59 Å². The Bertz CT molecular complexity index is 1040. The van der Waals surface area contributed by atoms with E-state index in [0.717, 1.165) is 16.7 Å². The first-order valence-electron chi connectivity index (χ1n) is 10.5. The standard InChI is InChI=1S/C26H27ClN2O3/c1-19(26(31)28-17-22-10-6-7-11-24(22)32-2)29(18-21-8-4-3-5-9-21)25(30)16-20-12-14-23(27)15-13-20/h3-15,19H,16-18H2,1-2H3,(H,28,31)/t19-/m0/s1. The van der Waals surface area contributed by atoms with Crippen LogP contribution in [0, 0.1) is 0 Å². The zero-order chi connectivity index (χ0) is 22.9. The van der Waals surface area contributed by atoms with Crippen molar-refractivity contribution >= 4 is 23.4 Å². The van der Waals surface area contributed by atoms with Crippen LogP contribution in [0.4, 0.5) is 0 Å². The average Bonchev–Trinajstić information content (AvgIpc) is 2.82. The maximum Gasteiger partial charge on any atom is 0.242 e. The summed E-state index contributed by atoms with van der Waals surface area (Å²) >= 11 is 5.96. The summed E-state index contributed by atoms with van der Waals surface area (Å²) in [5.74, 6) is 0.354. The van der Waals surface area contributed by atoms with Gasteiger partial charge in [-0.15, -0.1) is 0 Å². The molecule has 32 heavy (non-hydrogen) atoms. The van der Waals surface area contributed by atoms with E-state index in [0.29, 0.717) is 23.9 Å². The molecule has 3 rings (SSSR count). The van der Waals surface area contributed by atoms with E-state index < -0.39 is 6.04 Å². The maximum absolute atomic E-state index is 13.2. The Morgan fingerprint density at radius 3 is 2.28 bits per heavy atom. The second-order valence-electron chi connectivity index (χ2n) is 7.52. The number of ether oxygens (including phenoxy) is 1. The molecule has 0 unspecified atom stereocenters. The second-order valence-corrected chi connectivity index (χ2v) is 7.95. The molecule has 0 bridgehead atoms. The molecule has 0 saturated heterocycles. The zero-order valence-corrected chi connectivity index (χ0v) is 19.0. The Morgan fingerprint density at radius 1 is 0.938 bits per heavy atom. The van der Waals surface area contributed by atoms with Gasteiger partial charge in [0.15, 0.2) is 0 Å². The summed E-state index contributed by atoms with van der Waals surface area (Å²) in [4.78, 5) is 27.8. The number of nitrogens with one attached hydrogen (secondary N) is 1. The third-order valence-electron chi connectivity index (χ3n) is 5.28. The smallest absolute Gasteiger partial charge is 0.242 e. The van der Waals surface area contributed by atoms with Crippen molar-refractivity contribution in [2.45, 2.75) is 32.5 Å². The van der Waals surface area contributed by atoms with Gasteiger partial charge in [-0.1, -0.05) is 72.3 Å². The number of para-hydroxylation sites is 1. The number of hydrogen-bond donors (Lipinski definition) is 1. The van der Waals surface area contributed by atoms with Crippen LogP contribution in [-0.4, -0.2) is 29.9 Å². The first kappa shape index (κ1) is 23.4. The predicted molar refractivity (Wildman–Crippen MR) is 126 cm³/mol. The summed E-state index contributed by atoms with van der Waals surface area (Å²) in [6, 6.07) is 23.7. The van der Waals surface area contributed by atoms with Crippen molar-refractivity contribution in [3.63, 3.8) is 0 Å². The average molecular weight is 451 g/mol. The molecule has 0 aliphatic heterocycles. The van der Waals surface area contributed by atoms with Crippen LogP contribution >= 0.6 is 11.6 Å². The van der Waals surface area contributed by atoms with E-state index in [1.807, 2.05) is 66.7 Å². The molecule has 5 nitrogen and oxygen atoms in total. The highest BCUT2D eigenvalue weighted by Gasteiger charge is 2.26. The van der Waals surface area contributed by atoms with E-state index in [4.69, 9.17) is 16.3 Å². The summed E-state index contributed by atoms with van der Waals surface area (Å²) < 4.78 is 5.35. The molecule has 3 aromatic rings. The van der Waals surface area contributed by atoms with Gasteiger partial charge in [0.05, 0.1) is 13.5 Å². The maximum atomic E-state index is 13.2. The van der Waals surface area contributed by atoms with Crippen molar-refractivity contribution in [2.24, 2.45) is 0 Å². The zero-order valence-electron chi connectivity index (χ0n) is 18.3. The molecule has 3 aromatic carbocycles. The van der Waals surface area contributed by atoms with Gasteiger partial charge >= 0.3 is 0 Å². The molecule has 0 aliphatic rings. The molecule has 0 heterocycles. The number of halogens is 1. The molecule has 0 aromatic heterocycles. The molecular weight excluding hydrogens is 424 g/mol. The quantitative estimate of drug-likeness (QED) is 0.517. The van der Waals surface area contributed by atoms with Crippen LogP contribution in [0.2, 0.25) is 5.02 Å². The van der Waals surface area contributed by atoms with Crippen LogP contribution in [0.5, 0.6) is 5.75 Å². The van der Waals surface area contributed by atoms with Crippen LogP contribution in [0.1, 0.15) is 23.6 Å². The van der Waals surface area contributed by atoms with Crippen LogP contribution in [0.25, 0.3) is 0 Å². The number of methoxy groups -OCH3 is 1. The SMILES string of the molecule is COc1ccccc1CNC(=O)[C@H](C)N(Cc1ccccc1)C(=O)Cc1ccc(Cl)cc1. The number of nitrogens with zero attached hydrogens (tertiary/aromatic N) is 1. The fourth-order valence-electron chi connectivity index (χ4n) is 3.42. The number of carbonyl (C=O) groups is 2. The molecule has 0 fully saturated rings. The topological polar surface area (TPSA) is 58.6 Å². The largest absolute Gasteiger partial charge is 0.496 e. The molecule has 2 amide bonds. The van der Waals surface area contributed by atoms with Crippen LogP contribution in [-0.2, 0) is 29.1 Å². The summed E-state index contributed by atoms with van der Waals surface area (Å²) in [5.41, 5.74) is 2.68. The van der Waals surface area contributed by atoms with Crippen molar-refractivity contribution in [1.29, 1.82) is 0 Å². The summed E-state index contributed by atoms with van der Waals surface area (Å²) in [6.45, 7) is 2.41. The van der Waals surface area contributed by atoms with Gasteiger partial charge in [0.25, 0.3) is 0 Å². The third-order valence-corrected chi connectivity index (χ3v) is 5.53. The van der Waals surface area contributed by atoms with Crippen molar-refractivity contribution in [1.82, 2.24) is 10.2 Å². The molecule has 6 heteroatoms. The van der Waals surface area contributed by atoms with Crippen LogP contribution < -0.4 is 10.1 Å². The highest BCUT2D eigenvalue weighted by Crippen LogP contribution is 2.18. The Kier molecular flexibility index (Phi) is 8.28. The lowest BCUT2D eigenvalue weighted by molar-refractivity contribution is -0.140. The first-order chi connectivity index (χ1) is 15.5. The number of benzene rings is 3. The van der Waals surface area contributed by atoms with Gasteiger partial charge in [0.2, 0.25) is 11.8 Å². The molecule has 1 N–H and O–H groups in total. The molecule has 0 aliphatic carbocycles. The van der Waals surface area contributed by atoms with Crippen LogP contribution in [0.3, 0.4) is 0 Å². The number of rotatable bonds is 9. The summed E-state index contributed by atoms with van der Waals surface area (Å²) in [6.07, 6.45) is 0.189. The molecule has 0 radical (unpaired) electrons. The highest BCUT2D eigenvalue weighted by molar-refractivity contribution is 6.30. The van der Waals surface area contributed by atoms with Crippen molar-refractivity contribution in [3.8, 4) is 5.75 Å². The van der Waals surface area contributed by atoms with E-state index in [2.05, 4.69) is 5.32 Å².